The van der Waals surface area contributed by atoms with Crippen LogP contribution in [0.1, 0.15) is 15.9 Å². The van der Waals surface area contributed by atoms with Gasteiger partial charge in [-0.2, -0.15) is 8.42 Å². The molecule has 3 aromatic carbocycles. The third-order valence-corrected chi connectivity index (χ3v) is 4.69. The van der Waals surface area contributed by atoms with Gasteiger partial charge in [-0.15, -0.1) is 10.2 Å². The zero-order chi connectivity index (χ0) is 18.9. The first kappa shape index (κ1) is 17.7. The Morgan fingerprint density at radius 1 is 1.04 bits per heavy atom. The largest absolute Gasteiger partial charge is 0.505 e. The summed E-state index contributed by atoms with van der Waals surface area (Å²) in [5.41, 5.74) is 0.606. The molecule has 26 heavy (non-hydrogen) atoms. The Balaban J connectivity index is 2.22. The molecule has 0 heterocycles. The van der Waals surface area contributed by atoms with Gasteiger partial charge in [0.25, 0.3) is 10.1 Å². The van der Waals surface area contributed by atoms with Gasteiger partial charge in [-0.1, -0.05) is 30.3 Å². The molecule has 0 atom stereocenters. The van der Waals surface area contributed by atoms with Gasteiger partial charge in [0.2, 0.25) is 0 Å². The molecule has 0 aliphatic heterocycles. The number of phenolic OH excluding ortho intramolecular Hbond substituents is 1. The summed E-state index contributed by atoms with van der Waals surface area (Å²) in [6, 6.07) is 12.7. The summed E-state index contributed by atoms with van der Waals surface area (Å²) in [4.78, 5) is 10.8. The molecule has 0 unspecified atom stereocenters. The molecule has 3 rings (SSSR count). The van der Waals surface area contributed by atoms with Gasteiger partial charge in [-0.05, 0) is 36.1 Å². The SMILES string of the molecule is Cc1ccc(/N=N/c2c(O)c(C=O)cc3ccccc23)c(S(=O)(=O)O)c1. The van der Waals surface area contributed by atoms with Crippen LogP contribution in [-0.4, -0.2) is 24.4 Å². The van der Waals surface area contributed by atoms with Crippen molar-refractivity contribution in [3.8, 4) is 5.75 Å². The van der Waals surface area contributed by atoms with Gasteiger partial charge in [0.15, 0.2) is 12.0 Å². The van der Waals surface area contributed by atoms with Gasteiger partial charge in [0.1, 0.15) is 16.3 Å². The summed E-state index contributed by atoms with van der Waals surface area (Å²) in [6.07, 6.45) is 0.496. The second-order valence-corrected chi connectivity index (χ2v) is 7.04. The van der Waals surface area contributed by atoms with E-state index < -0.39 is 15.0 Å². The minimum atomic E-state index is -4.50. The number of hydrogen-bond donors (Lipinski definition) is 2. The van der Waals surface area contributed by atoms with Gasteiger partial charge in [0.05, 0.1) is 5.56 Å². The average molecular weight is 370 g/mol. The number of azo groups is 1. The molecule has 0 saturated heterocycles. The molecule has 132 valence electrons. The first-order valence-electron chi connectivity index (χ1n) is 7.51. The summed E-state index contributed by atoms with van der Waals surface area (Å²) in [5.74, 6) is -0.358. The lowest BCUT2D eigenvalue weighted by atomic mass is 10.0. The van der Waals surface area contributed by atoms with Gasteiger partial charge in [-0.3, -0.25) is 9.35 Å². The molecule has 0 aliphatic carbocycles. The van der Waals surface area contributed by atoms with E-state index in [9.17, 15) is 22.9 Å². The summed E-state index contributed by atoms with van der Waals surface area (Å²) in [7, 11) is -4.50. The molecule has 3 aromatic rings. The van der Waals surface area contributed by atoms with Crippen LogP contribution in [0.3, 0.4) is 0 Å². The number of benzene rings is 3. The molecule has 0 aliphatic rings. The van der Waals surface area contributed by atoms with Gasteiger partial charge < -0.3 is 5.11 Å². The topological polar surface area (TPSA) is 116 Å². The number of rotatable bonds is 4. The fourth-order valence-corrected chi connectivity index (χ4v) is 3.25. The lowest BCUT2D eigenvalue weighted by molar-refractivity contribution is 0.112. The zero-order valence-electron chi connectivity index (χ0n) is 13.6. The van der Waals surface area contributed by atoms with Crippen LogP contribution in [-0.2, 0) is 10.1 Å². The van der Waals surface area contributed by atoms with E-state index in [0.29, 0.717) is 22.6 Å². The number of carbonyl (C=O) groups excluding carboxylic acids is 1. The van der Waals surface area contributed by atoms with E-state index in [2.05, 4.69) is 10.2 Å². The maximum atomic E-state index is 11.6. The maximum absolute atomic E-state index is 11.6. The third kappa shape index (κ3) is 3.32. The smallest absolute Gasteiger partial charge is 0.296 e. The molecular weight excluding hydrogens is 356 g/mol. The van der Waals surface area contributed by atoms with E-state index in [1.54, 1.807) is 37.3 Å². The Bertz CT molecular complexity index is 1150. The third-order valence-electron chi connectivity index (χ3n) is 3.80. The van der Waals surface area contributed by atoms with Crippen LogP contribution in [0.25, 0.3) is 10.8 Å². The van der Waals surface area contributed by atoms with Crippen LogP contribution >= 0.6 is 0 Å². The minimum absolute atomic E-state index is 0.0343. The summed E-state index contributed by atoms with van der Waals surface area (Å²) >= 11 is 0. The fourth-order valence-electron chi connectivity index (χ4n) is 2.54. The van der Waals surface area contributed by atoms with Gasteiger partial charge >= 0.3 is 0 Å². The number of fused-ring (bicyclic) bond motifs is 1. The van der Waals surface area contributed by atoms with Crippen molar-refractivity contribution in [2.75, 3.05) is 0 Å². The Labute approximate surface area is 149 Å². The molecule has 2 N–H and O–H groups in total. The lowest BCUT2D eigenvalue weighted by Gasteiger charge is -2.07. The van der Waals surface area contributed by atoms with Crippen molar-refractivity contribution < 1.29 is 22.9 Å². The zero-order valence-corrected chi connectivity index (χ0v) is 14.4. The summed E-state index contributed by atoms with van der Waals surface area (Å²) in [5, 5.41) is 19.3. The van der Waals surface area contributed by atoms with Crippen LogP contribution in [0, 0.1) is 6.92 Å². The Hall–Kier alpha value is -3.10. The minimum Gasteiger partial charge on any atom is -0.505 e. The number of phenols is 1. The van der Waals surface area contributed by atoms with E-state index >= 15 is 0 Å². The van der Waals surface area contributed by atoms with Crippen molar-refractivity contribution >= 4 is 38.6 Å². The lowest BCUT2D eigenvalue weighted by Crippen LogP contribution is -1.98. The number of nitrogens with zero attached hydrogens (tertiary/aromatic N) is 2. The highest BCUT2D eigenvalue weighted by atomic mass is 32.2. The Morgan fingerprint density at radius 3 is 2.46 bits per heavy atom. The molecule has 0 fully saturated rings. The van der Waals surface area contributed by atoms with Crippen molar-refractivity contribution in [3.05, 3.63) is 59.7 Å². The molecule has 0 spiro atoms. The van der Waals surface area contributed by atoms with E-state index in [4.69, 9.17) is 0 Å². The van der Waals surface area contributed by atoms with Crippen LogP contribution in [0.15, 0.2) is 63.7 Å². The predicted octanol–water partition coefficient (Wildman–Crippen LogP) is 4.33. The van der Waals surface area contributed by atoms with Crippen molar-refractivity contribution in [2.45, 2.75) is 11.8 Å². The first-order chi connectivity index (χ1) is 12.3. The number of carbonyl (C=O) groups is 1. The highest BCUT2D eigenvalue weighted by Gasteiger charge is 2.17. The molecule has 0 aromatic heterocycles. The molecule has 0 bridgehead atoms. The standard InChI is InChI=1S/C18H14N2O5S/c1-11-6-7-15(16(8-11)26(23,24)25)19-20-17-14-5-3-2-4-12(14)9-13(10-21)18(17)22/h2-10,22H,1H3,(H,23,24,25)/b20-19+. The van der Waals surface area contributed by atoms with Crippen LogP contribution < -0.4 is 0 Å². The van der Waals surface area contributed by atoms with E-state index in [1.165, 1.54) is 18.2 Å². The van der Waals surface area contributed by atoms with Crippen molar-refractivity contribution in [2.24, 2.45) is 10.2 Å². The van der Waals surface area contributed by atoms with E-state index in [-0.39, 0.29) is 22.7 Å². The quantitative estimate of drug-likeness (QED) is 0.403. The van der Waals surface area contributed by atoms with Crippen LogP contribution in [0.5, 0.6) is 5.75 Å². The number of aldehydes is 1. The highest BCUT2D eigenvalue weighted by Crippen LogP contribution is 2.39. The molecule has 0 amide bonds. The second kappa shape index (κ2) is 6.66. The summed E-state index contributed by atoms with van der Waals surface area (Å²) in [6.45, 7) is 1.67. The predicted molar refractivity (Wildman–Crippen MR) is 96.2 cm³/mol. The fraction of sp³-hybridized carbons (Fsp3) is 0.0556. The van der Waals surface area contributed by atoms with Gasteiger partial charge in [0, 0.05) is 5.39 Å². The average Bonchev–Trinajstić information content (AvgIpc) is 2.60. The molecule has 8 heteroatoms. The molecule has 0 radical (unpaired) electrons. The monoisotopic (exact) mass is 370 g/mol. The number of hydrogen-bond acceptors (Lipinski definition) is 6. The van der Waals surface area contributed by atoms with Crippen molar-refractivity contribution in [3.63, 3.8) is 0 Å². The molecule has 7 nitrogen and oxygen atoms in total. The van der Waals surface area contributed by atoms with Gasteiger partial charge in [-0.25, -0.2) is 0 Å². The van der Waals surface area contributed by atoms with Crippen molar-refractivity contribution in [1.82, 2.24) is 0 Å². The van der Waals surface area contributed by atoms with Crippen LogP contribution in [0.2, 0.25) is 0 Å². The highest BCUT2D eigenvalue weighted by molar-refractivity contribution is 7.86. The van der Waals surface area contributed by atoms with E-state index in [1.807, 2.05) is 0 Å². The second-order valence-electron chi connectivity index (χ2n) is 5.65. The van der Waals surface area contributed by atoms with Crippen molar-refractivity contribution in [1.29, 1.82) is 0 Å². The molecular formula is C18H14N2O5S. The first-order valence-corrected chi connectivity index (χ1v) is 8.95. The molecule has 0 saturated carbocycles. The number of aromatic hydroxyl groups is 1. The van der Waals surface area contributed by atoms with E-state index in [0.717, 1.165) is 0 Å². The van der Waals surface area contributed by atoms with Crippen LogP contribution in [0.4, 0.5) is 11.4 Å². The maximum Gasteiger partial charge on any atom is 0.296 e. The Morgan fingerprint density at radius 2 is 1.77 bits per heavy atom. The normalized spacial score (nSPS) is 11.9. The Kier molecular flexibility index (Phi) is 4.54. The summed E-state index contributed by atoms with van der Waals surface area (Å²) < 4.78 is 32.5. The number of aryl methyl sites for hydroxylation is 1.